The third-order valence-corrected chi connectivity index (χ3v) is 2.30. The highest BCUT2D eigenvalue weighted by atomic mass is 16.6. The van der Waals surface area contributed by atoms with Crippen molar-refractivity contribution in [2.75, 3.05) is 0 Å². The first-order valence-corrected chi connectivity index (χ1v) is 4.65. The molecule has 0 aromatic rings. The molecule has 1 N–H and O–H groups in total. The Kier molecular flexibility index (Phi) is 3.91. The van der Waals surface area contributed by atoms with Crippen molar-refractivity contribution in [3.05, 3.63) is 0 Å². The van der Waals surface area contributed by atoms with Crippen molar-refractivity contribution in [1.82, 2.24) is 0 Å². The van der Waals surface area contributed by atoms with E-state index in [0.717, 1.165) is 6.42 Å². The van der Waals surface area contributed by atoms with Gasteiger partial charge in [0.1, 0.15) is 5.60 Å². The number of hydrogen-bond acceptors (Lipinski definition) is 3. The molecule has 0 aromatic carbocycles. The SMILES string of the molecule is CCCC(=O)OC(C)(C)C(C)(C)O. The number of hydrogen-bond donors (Lipinski definition) is 1. The van der Waals surface area contributed by atoms with Crippen molar-refractivity contribution in [3.8, 4) is 0 Å². The average molecular weight is 188 g/mol. The van der Waals surface area contributed by atoms with E-state index in [2.05, 4.69) is 0 Å². The lowest BCUT2D eigenvalue weighted by molar-refractivity contribution is -0.180. The summed E-state index contributed by atoms with van der Waals surface area (Å²) in [6.45, 7) is 8.60. The zero-order valence-electron chi connectivity index (χ0n) is 9.18. The fraction of sp³-hybridized carbons (Fsp3) is 0.900. The maximum atomic E-state index is 11.2. The molecule has 0 fully saturated rings. The van der Waals surface area contributed by atoms with Crippen molar-refractivity contribution in [3.63, 3.8) is 0 Å². The van der Waals surface area contributed by atoms with Crippen LogP contribution in [0.4, 0.5) is 0 Å². The summed E-state index contributed by atoms with van der Waals surface area (Å²) in [5.41, 5.74) is -1.85. The predicted molar refractivity (Wildman–Crippen MR) is 51.4 cm³/mol. The molecule has 3 nitrogen and oxygen atoms in total. The molecular weight excluding hydrogens is 168 g/mol. The largest absolute Gasteiger partial charge is 0.457 e. The molecule has 0 bridgehead atoms. The van der Waals surface area contributed by atoms with Gasteiger partial charge in [0, 0.05) is 6.42 Å². The zero-order chi connectivity index (χ0) is 10.7. The van der Waals surface area contributed by atoms with Crippen LogP contribution in [0.3, 0.4) is 0 Å². The quantitative estimate of drug-likeness (QED) is 0.685. The van der Waals surface area contributed by atoms with Crippen molar-refractivity contribution in [2.24, 2.45) is 0 Å². The van der Waals surface area contributed by atoms with Crippen LogP contribution in [0.25, 0.3) is 0 Å². The standard InChI is InChI=1S/C10H20O3/c1-6-7-8(11)13-10(4,5)9(2,3)12/h12H,6-7H2,1-5H3. The van der Waals surface area contributed by atoms with Crippen molar-refractivity contribution in [2.45, 2.75) is 58.7 Å². The van der Waals surface area contributed by atoms with Gasteiger partial charge in [0.25, 0.3) is 0 Å². The summed E-state index contributed by atoms with van der Waals surface area (Å²) >= 11 is 0. The lowest BCUT2D eigenvalue weighted by Crippen LogP contribution is -2.48. The Balaban J connectivity index is 4.26. The second kappa shape index (κ2) is 4.09. The summed E-state index contributed by atoms with van der Waals surface area (Å²) in [7, 11) is 0. The lowest BCUT2D eigenvalue weighted by Gasteiger charge is -2.36. The van der Waals surface area contributed by atoms with E-state index in [1.54, 1.807) is 27.7 Å². The van der Waals surface area contributed by atoms with E-state index < -0.39 is 11.2 Å². The third kappa shape index (κ3) is 3.77. The monoisotopic (exact) mass is 188 g/mol. The maximum absolute atomic E-state index is 11.2. The van der Waals surface area contributed by atoms with Gasteiger partial charge in [-0.05, 0) is 34.1 Å². The molecule has 3 heteroatoms. The van der Waals surface area contributed by atoms with Gasteiger partial charge in [-0.15, -0.1) is 0 Å². The lowest BCUT2D eigenvalue weighted by atomic mass is 9.89. The summed E-state index contributed by atoms with van der Waals surface area (Å²) in [6.07, 6.45) is 1.17. The summed E-state index contributed by atoms with van der Waals surface area (Å²) in [5, 5.41) is 9.69. The molecule has 0 aliphatic heterocycles. The van der Waals surface area contributed by atoms with E-state index in [1.807, 2.05) is 6.92 Å². The molecular formula is C10H20O3. The van der Waals surface area contributed by atoms with Gasteiger partial charge in [-0.3, -0.25) is 4.79 Å². The topological polar surface area (TPSA) is 46.5 Å². The van der Waals surface area contributed by atoms with Crippen LogP contribution in [-0.2, 0) is 9.53 Å². The van der Waals surface area contributed by atoms with Crippen LogP contribution in [-0.4, -0.2) is 22.3 Å². The van der Waals surface area contributed by atoms with E-state index in [0.29, 0.717) is 6.42 Å². The predicted octanol–water partition coefficient (Wildman–Crippen LogP) is 1.88. The molecule has 78 valence electrons. The van der Waals surface area contributed by atoms with Crippen molar-refractivity contribution in [1.29, 1.82) is 0 Å². The Morgan fingerprint density at radius 3 is 2.08 bits per heavy atom. The molecule has 0 saturated carbocycles. The van der Waals surface area contributed by atoms with Crippen molar-refractivity contribution >= 4 is 5.97 Å². The fourth-order valence-electron chi connectivity index (χ4n) is 0.665. The number of rotatable bonds is 4. The van der Waals surface area contributed by atoms with Gasteiger partial charge in [-0.1, -0.05) is 6.92 Å². The van der Waals surface area contributed by atoms with Gasteiger partial charge >= 0.3 is 5.97 Å². The number of carbonyl (C=O) groups excluding carboxylic acids is 1. The molecule has 0 aromatic heterocycles. The first-order valence-electron chi connectivity index (χ1n) is 4.65. The highest BCUT2D eigenvalue weighted by molar-refractivity contribution is 5.69. The van der Waals surface area contributed by atoms with Gasteiger partial charge in [-0.25, -0.2) is 0 Å². The first kappa shape index (κ1) is 12.4. The van der Waals surface area contributed by atoms with Crippen molar-refractivity contribution < 1.29 is 14.6 Å². The van der Waals surface area contributed by atoms with Crippen LogP contribution < -0.4 is 0 Å². The van der Waals surface area contributed by atoms with E-state index in [1.165, 1.54) is 0 Å². The van der Waals surface area contributed by atoms with Crippen LogP contribution in [0.15, 0.2) is 0 Å². The molecule has 0 amide bonds. The van der Waals surface area contributed by atoms with E-state index in [9.17, 15) is 9.90 Å². The summed E-state index contributed by atoms with van der Waals surface area (Å²) in [5.74, 6) is -0.255. The minimum absolute atomic E-state index is 0.255. The minimum atomic E-state index is -1.02. The number of ether oxygens (including phenoxy) is 1. The summed E-state index contributed by atoms with van der Waals surface area (Å²) in [4.78, 5) is 11.2. The Morgan fingerprint density at radius 2 is 1.77 bits per heavy atom. The highest BCUT2D eigenvalue weighted by Crippen LogP contribution is 2.25. The minimum Gasteiger partial charge on any atom is -0.457 e. The van der Waals surface area contributed by atoms with Crippen LogP contribution in [0.5, 0.6) is 0 Å². The Hall–Kier alpha value is -0.570. The molecule has 0 rings (SSSR count). The van der Waals surface area contributed by atoms with E-state index in [-0.39, 0.29) is 5.97 Å². The molecule has 0 spiro atoms. The van der Waals surface area contributed by atoms with Gasteiger partial charge in [0.2, 0.25) is 0 Å². The number of aliphatic hydroxyl groups is 1. The fourth-order valence-corrected chi connectivity index (χ4v) is 0.665. The average Bonchev–Trinajstić information content (AvgIpc) is 1.83. The molecule has 0 radical (unpaired) electrons. The molecule has 13 heavy (non-hydrogen) atoms. The second-order valence-electron chi connectivity index (χ2n) is 4.29. The molecule has 0 heterocycles. The Bertz CT molecular complexity index is 177. The van der Waals surface area contributed by atoms with Crippen LogP contribution >= 0.6 is 0 Å². The third-order valence-electron chi connectivity index (χ3n) is 2.30. The van der Waals surface area contributed by atoms with Crippen LogP contribution in [0.2, 0.25) is 0 Å². The van der Waals surface area contributed by atoms with Gasteiger partial charge in [-0.2, -0.15) is 0 Å². The first-order chi connectivity index (χ1) is 5.70. The van der Waals surface area contributed by atoms with Gasteiger partial charge in [0.15, 0.2) is 0 Å². The molecule has 0 unspecified atom stereocenters. The van der Waals surface area contributed by atoms with Crippen LogP contribution in [0, 0.1) is 0 Å². The Morgan fingerprint density at radius 1 is 1.31 bits per heavy atom. The zero-order valence-corrected chi connectivity index (χ0v) is 9.18. The molecule has 0 saturated heterocycles. The molecule has 0 aliphatic rings. The smallest absolute Gasteiger partial charge is 0.306 e. The van der Waals surface area contributed by atoms with E-state index >= 15 is 0 Å². The summed E-state index contributed by atoms with van der Waals surface area (Å²) in [6, 6.07) is 0. The second-order valence-corrected chi connectivity index (χ2v) is 4.29. The van der Waals surface area contributed by atoms with Gasteiger partial charge in [0.05, 0.1) is 5.60 Å². The van der Waals surface area contributed by atoms with Crippen LogP contribution in [0.1, 0.15) is 47.5 Å². The summed E-state index contributed by atoms with van der Waals surface area (Å²) < 4.78 is 5.15. The molecule has 0 atom stereocenters. The van der Waals surface area contributed by atoms with Gasteiger partial charge < -0.3 is 9.84 Å². The normalized spacial score (nSPS) is 12.8. The maximum Gasteiger partial charge on any atom is 0.306 e. The number of esters is 1. The highest BCUT2D eigenvalue weighted by Gasteiger charge is 2.38. The Labute approximate surface area is 80.1 Å². The van der Waals surface area contributed by atoms with E-state index in [4.69, 9.17) is 4.74 Å². The number of carbonyl (C=O) groups is 1. The molecule has 0 aliphatic carbocycles.